The number of nitrogens with zero attached hydrogens (tertiary/aromatic N) is 4. The van der Waals surface area contributed by atoms with Crippen LogP contribution in [0.1, 0.15) is 82.8 Å². The number of aliphatic hydroxyl groups is 2. The second-order valence-electron chi connectivity index (χ2n) is 11.9. The maximum atomic E-state index is 13.2. The fourth-order valence-electron chi connectivity index (χ4n) is 5.71. The van der Waals surface area contributed by atoms with Crippen LogP contribution in [0.15, 0.2) is 36.4 Å². The number of esters is 1. The van der Waals surface area contributed by atoms with E-state index in [4.69, 9.17) is 9.84 Å². The summed E-state index contributed by atoms with van der Waals surface area (Å²) in [6, 6.07) is 9.93. The average molecular weight is 724 g/mol. The average Bonchev–Trinajstić information content (AvgIpc) is 3.77. The lowest BCUT2D eigenvalue weighted by Gasteiger charge is -2.17. The molecule has 0 aliphatic carbocycles. The van der Waals surface area contributed by atoms with Crippen molar-refractivity contribution in [3.8, 4) is 5.75 Å². The number of aliphatic hydroxyl groups excluding tert-OH is 2. The highest BCUT2D eigenvalue weighted by molar-refractivity contribution is 6.21. The Kier molecular flexibility index (Phi) is 14.9. The minimum absolute atomic E-state index is 0.00373. The summed E-state index contributed by atoms with van der Waals surface area (Å²) >= 11 is 0. The molecule has 16 heteroatoms. The number of carbonyl (C=O) groups excluding carboxylic acids is 4. The highest BCUT2D eigenvalue weighted by Gasteiger charge is 2.40. The molecule has 5 rings (SSSR count). The van der Waals surface area contributed by atoms with Gasteiger partial charge >= 0.3 is 12.1 Å². The van der Waals surface area contributed by atoms with Crippen molar-refractivity contribution in [2.24, 2.45) is 0 Å². The Hall–Kier alpha value is -4.54. The van der Waals surface area contributed by atoms with Gasteiger partial charge in [-0.3, -0.25) is 19.3 Å². The number of halogens is 3. The Balaban J connectivity index is 0.000000418. The molecule has 0 saturated carbocycles. The van der Waals surface area contributed by atoms with Gasteiger partial charge in [-0.05, 0) is 31.9 Å². The molecule has 1 fully saturated rings. The van der Waals surface area contributed by atoms with E-state index < -0.39 is 12.1 Å². The predicted octanol–water partition coefficient (Wildman–Crippen LogP) is 3.58. The number of aryl methyl sites for hydroxylation is 1. The van der Waals surface area contributed by atoms with Crippen LogP contribution < -0.4 is 4.57 Å². The molecule has 1 aromatic heterocycles. The van der Waals surface area contributed by atoms with E-state index in [-0.39, 0.29) is 54.8 Å². The van der Waals surface area contributed by atoms with Crippen LogP contribution in [0.4, 0.5) is 13.2 Å². The quantitative estimate of drug-likeness (QED) is 0.116. The van der Waals surface area contributed by atoms with Gasteiger partial charge in [0.05, 0.1) is 49.7 Å². The first-order valence-corrected chi connectivity index (χ1v) is 16.7. The summed E-state index contributed by atoms with van der Waals surface area (Å²) in [5.74, 6) is -2.70. The molecule has 2 aliphatic heterocycles. The Bertz CT molecular complexity index is 1650. The summed E-state index contributed by atoms with van der Waals surface area (Å²) in [5.41, 5.74) is 2.23. The highest BCUT2D eigenvalue weighted by atomic mass is 19.4. The second kappa shape index (κ2) is 18.6. The largest absolute Gasteiger partial charge is 0.507 e. The first kappa shape index (κ1) is 40.9. The van der Waals surface area contributed by atoms with Crippen LogP contribution in [0.3, 0.4) is 0 Å². The van der Waals surface area contributed by atoms with Gasteiger partial charge in [0.1, 0.15) is 18.8 Å². The number of imidazole rings is 1. The monoisotopic (exact) mass is 723 g/mol. The molecule has 2 aliphatic rings. The maximum absolute atomic E-state index is 13.2. The second-order valence-corrected chi connectivity index (χ2v) is 11.9. The van der Waals surface area contributed by atoms with Gasteiger partial charge in [-0.15, -0.1) is 0 Å². The van der Waals surface area contributed by atoms with E-state index in [0.717, 1.165) is 38.7 Å². The minimum atomic E-state index is -4.85. The van der Waals surface area contributed by atoms with Gasteiger partial charge in [-0.2, -0.15) is 13.2 Å². The van der Waals surface area contributed by atoms with Crippen molar-refractivity contribution in [1.29, 1.82) is 0 Å². The van der Waals surface area contributed by atoms with Gasteiger partial charge in [0, 0.05) is 32.3 Å². The molecule has 0 radical (unpaired) electrons. The van der Waals surface area contributed by atoms with Crippen LogP contribution in [-0.4, -0.2) is 106 Å². The lowest BCUT2D eigenvalue weighted by Crippen LogP contribution is -2.43. The number of phenolic OH excluding ortho intramolecular Hbond substituents is 1. The Labute approximate surface area is 293 Å². The van der Waals surface area contributed by atoms with Crippen molar-refractivity contribution >= 4 is 34.7 Å². The number of hydrogen-bond donors (Lipinski definition) is 3. The van der Waals surface area contributed by atoms with Gasteiger partial charge in [-0.1, -0.05) is 38.3 Å². The first-order chi connectivity index (χ1) is 24.2. The van der Waals surface area contributed by atoms with E-state index >= 15 is 0 Å². The predicted molar refractivity (Wildman–Crippen MR) is 178 cm³/mol. The molecule has 13 nitrogen and oxygen atoms in total. The Morgan fingerprint density at radius 2 is 1.73 bits per heavy atom. The SMILES string of the molecule is CCCCCCN(C)C(=O)c1cc2c(cc1O)[n+](CCO)c(CN1C(=O)c3ccccc3C1=O)n2CC.COC(=O)C(F)(F)F.OC1CCOC1. The molecule has 280 valence electrons. The molecule has 1 unspecified atom stereocenters. The Morgan fingerprint density at radius 3 is 2.18 bits per heavy atom. The molecular weight excluding hydrogens is 677 g/mol. The molecule has 2 aromatic carbocycles. The van der Waals surface area contributed by atoms with E-state index in [1.807, 2.05) is 11.5 Å². The van der Waals surface area contributed by atoms with Crippen molar-refractivity contribution in [1.82, 2.24) is 14.4 Å². The van der Waals surface area contributed by atoms with Crippen LogP contribution in [-0.2, 0) is 33.9 Å². The van der Waals surface area contributed by atoms with Gasteiger partial charge in [0.2, 0.25) is 0 Å². The van der Waals surface area contributed by atoms with E-state index in [2.05, 4.69) is 11.7 Å². The van der Waals surface area contributed by atoms with Crippen LogP contribution in [0.2, 0.25) is 0 Å². The first-order valence-electron chi connectivity index (χ1n) is 16.7. The molecule has 3 amide bonds. The lowest BCUT2D eigenvalue weighted by atomic mass is 10.1. The molecule has 0 bridgehead atoms. The molecule has 3 aromatic rings. The molecule has 1 atom stereocenters. The zero-order valence-corrected chi connectivity index (χ0v) is 29.2. The normalized spacial score (nSPS) is 15.2. The molecule has 51 heavy (non-hydrogen) atoms. The third-order valence-electron chi connectivity index (χ3n) is 8.36. The minimum Gasteiger partial charge on any atom is -0.507 e. The fourth-order valence-corrected chi connectivity index (χ4v) is 5.71. The molecule has 3 N–H and O–H groups in total. The lowest BCUT2D eigenvalue weighted by molar-refractivity contribution is -0.682. The number of unbranched alkanes of at least 4 members (excludes halogenated alkanes) is 3. The van der Waals surface area contributed by atoms with Gasteiger partial charge in [0.15, 0.2) is 11.0 Å². The number of aromatic nitrogens is 2. The molecular formula is C35H46F3N4O9+. The van der Waals surface area contributed by atoms with Crippen molar-refractivity contribution in [2.75, 3.05) is 40.5 Å². The number of alkyl halides is 3. The summed E-state index contributed by atoms with van der Waals surface area (Å²) in [7, 11) is 2.41. The van der Waals surface area contributed by atoms with E-state index in [0.29, 0.717) is 54.8 Å². The molecule has 0 spiro atoms. The topological polar surface area (TPSA) is 163 Å². The summed E-state index contributed by atoms with van der Waals surface area (Å²) < 4.78 is 44.8. The summed E-state index contributed by atoms with van der Waals surface area (Å²) in [6.45, 7) is 6.47. The van der Waals surface area contributed by atoms with E-state index in [9.17, 15) is 42.6 Å². The number of imide groups is 1. The zero-order chi connectivity index (χ0) is 37.9. The van der Waals surface area contributed by atoms with Crippen molar-refractivity contribution in [3.05, 3.63) is 58.9 Å². The van der Waals surface area contributed by atoms with Crippen LogP contribution >= 0.6 is 0 Å². The summed E-state index contributed by atoms with van der Waals surface area (Å²) in [5, 5.41) is 29.2. The number of rotatable bonds is 11. The van der Waals surface area contributed by atoms with Crippen molar-refractivity contribution < 1.29 is 61.7 Å². The fraction of sp³-hybridized carbons (Fsp3) is 0.514. The third kappa shape index (κ3) is 10.0. The third-order valence-corrected chi connectivity index (χ3v) is 8.36. The smallest absolute Gasteiger partial charge is 0.490 e. The number of aromatic hydroxyl groups is 1. The van der Waals surface area contributed by atoms with E-state index in [1.165, 1.54) is 11.0 Å². The Morgan fingerprint density at radius 1 is 1.08 bits per heavy atom. The van der Waals surface area contributed by atoms with Crippen molar-refractivity contribution in [3.63, 3.8) is 0 Å². The van der Waals surface area contributed by atoms with Crippen molar-refractivity contribution in [2.45, 2.75) is 77.9 Å². The standard InChI is InChI=1S/C28H34N4O5.C4H8O2.C3H3F3O2/c1-4-6-7-10-13-29(3)26(35)21-16-22-23(17-24(21)34)31(14-15-33)25(30(22)5-2)18-32-27(36)19-11-8-9-12-20(19)28(32)37;5-4-1-2-6-3-4;1-8-2(7)3(4,5)6/h8-9,11-12,16-17,33H,4-7,10,13-15,18H2,1-3H3;4-5H,1-3H2;1H3/p+1. The number of hydrogen-bond acceptors (Lipinski definition) is 9. The molecule has 1 saturated heterocycles. The number of carbonyl (C=O) groups is 4. The van der Waals surface area contributed by atoms with Gasteiger partial charge < -0.3 is 29.7 Å². The number of fused-ring (bicyclic) bond motifs is 2. The van der Waals surface area contributed by atoms with Crippen LogP contribution in [0.25, 0.3) is 11.0 Å². The number of benzene rings is 2. The van der Waals surface area contributed by atoms with Crippen LogP contribution in [0, 0.1) is 0 Å². The number of methoxy groups -OCH3 is 1. The number of phenols is 1. The molecule has 3 heterocycles. The van der Waals surface area contributed by atoms with Gasteiger partial charge in [0.25, 0.3) is 23.5 Å². The summed E-state index contributed by atoms with van der Waals surface area (Å²) in [6.07, 6.45) is -0.0467. The number of ether oxygens (including phenoxy) is 2. The number of amides is 3. The zero-order valence-electron chi connectivity index (χ0n) is 29.2. The maximum Gasteiger partial charge on any atom is 0.490 e. The van der Waals surface area contributed by atoms with E-state index in [1.54, 1.807) is 46.8 Å². The van der Waals surface area contributed by atoms with Gasteiger partial charge in [-0.25, -0.2) is 13.9 Å². The van der Waals surface area contributed by atoms with Crippen LogP contribution in [0.5, 0.6) is 5.75 Å². The highest BCUT2D eigenvalue weighted by Crippen LogP contribution is 2.29. The summed E-state index contributed by atoms with van der Waals surface area (Å²) in [4.78, 5) is 51.6.